The van der Waals surface area contributed by atoms with E-state index < -0.39 is 0 Å². The van der Waals surface area contributed by atoms with Crippen molar-refractivity contribution in [2.45, 2.75) is 39.3 Å². The molecular weight excluding hydrogens is 376 g/mol. The van der Waals surface area contributed by atoms with Gasteiger partial charge < -0.3 is 4.90 Å². The Morgan fingerprint density at radius 1 is 0.966 bits per heavy atom. The Bertz CT molecular complexity index is 924. The fourth-order valence-corrected chi connectivity index (χ4v) is 4.74. The Morgan fingerprint density at radius 2 is 1.59 bits per heavy atom. The van der Waals surface area contributed by atoms with Crippen molar-refractivity contribution in [1.29, 1.82) is 0 Å². The van der Waals surface area contributed by atoms with Crippen molar-refractivity contribution in [2.24, 2.45) is 0 Å². The van der Waals surface area contributed by atoms with Gasteiger partial charge in [-0.25, -0.2) is 0 Å². The van der Waals surface area contributed by atoms with E-state index in [9.17, 15) is 4.79 Å². The van der Waals surface area contributed by atoms with Crippen molar-refractivity contribution >= 4 is 22.9 Å². The van der Waals surface area contributed by atoms with Gasteiger partial charge in [0, 0.05) is 41.8 Å². The van der Waals surface area contributed by atoms with Gasteiger partial charge in [0.2, 0.25) is 0 Å². The minimum absolute atomic E-state index is 0.102. The quantitative estimate of drug-likeness (QED) is 0.546. The topological polar surface area (TPSA) is 23.6 Å². The zero-order valence-electron chi connectivity index (χ0n) is 17.2. The number of carbonyl (C=O) groups excluding carboxylic acids is 1. The van der Waals surface area contributed by atoms with Crippen LogP contribution in [-0.4, -0.2) is 29.9 Å². The molecule has 1 amide bonds. The summed E-state index contributed by atoms with van der Waals surface area (Å²) in [6.07, 6.45) is 1.99. The highest BCUT2D eigenvalue weighted by Crippen LogP contribution is 2.27. The number of hydrogen-bond acceptors (Lipinski definition) is 3. The van der Waals surface area contributed by atoms with Crippen LogP contribution in [0.1, 0.15) is 39.2 Å². The van der Waals surface area contributed by atoms with Gasteiger partial charge in [0.05, 0.1) is 0 Å². The zero-order chi connectivity index (χ0) is 20.2. The molecular formula is C25H28N2OS. The van der Waals surface area contributed by atoms with Gasteiger partial charge in [-0.1, -0.05) is 41.5 Å². The van der Waals surface area contributed by atoms with E-state index in [1.54, 1.807) is 0 Å². The summed E-state index contributed by atoms with van der Waals surface area (Å²) in [5.74, 6) is 0.102. The molecule has 3 aromatic rings. The first-order valence-electron chi connectivity index (χ1n) is 10.3. The van der Waals surface area contributed by atoms with Gasteiger partial charge in [0.15, 0.2) is 0 Å². The van der Waals surface area contributed by atoms with Crippen molar-refractivity contribution < 1.29 is 4.79 Å². The molecule has 1 aliphatic rings. The Kier molecular flexibility index (Phi) is 6.12. The lowest BCUT2D eigenvalue weighted by Gasteiger charge is -2.38. The maximum atomic E-state index is 13.5. The summed E-state index contributed by atoms with van der Waals surface area (Å²) >= 11 is 1.82. The molecule has 3 nitrogen and oxygen atoms in total. The van der Waals surface area contributed by atoms with Crippen LogP contribution < -0.4 is 4.90 Å². The lowest BCUT2D eigenvalue weighted by Crippen LogP contribution is -2.47. The summed E-state index contributed by atoms with van der Waals surface area (Å²) in [5.41, 5.74) is 4.14. The molecule has 0 atom stereocenters. The second-order valence-electron chi connectivity index (χ2n) is 7.96. The molecule has 1 aliphatic heterocycles. The second-order valence-corrected chi connectivity index (χ2v) is 9.00. The lowest BCUT2D eigenvalue weighted by atomic mass is 10.00. The van der Waals surface area contributed by atoms with Crippen LogP contribution in [0.2, 0.25) is 0 Å². The number of anilines is 1. The standard InChI is InChI=1S/C25H28N2OS/c1-19-5-9-21(10-6-19)25(28)27(22-11-7-20(2)8-12-22)23-13-15-26(16-14-23)18-24-4-3-17-29-24/h3-12,17,23H,13-16,18H2,1-2H3. The Labute approximate surface area is 177 Å². The molecule has 1 aromatic heterocycles. The predicted octanol–water partition coefficient (Wildman–Crippen LogP) is 5.68. The summed E-state index contributed by atoms with van der Waals surface area (Å²) in [6.45, 7) is 7.19. The van der Waals surface area contributed by atoms with Crippen molar-refractivity contribution in [3.05, 3.63) is 87.6 Å². The zero-order valence-corrected chi connectivity index (χ0v) is 18.0. The lowest BCUT2D eigenvalue weighted by molar-refractivity contribution is 0.0959. The van der Waals surface area contributed by atoms with Crippen LogP contribution in [0.15, 0.2) is 66.0 Å². The average Bonchev–Trinajstić information content (AvgIpc) is 3.24. The minimum Gasteiger partial charge on any atom is -0.305 e. The molecule has 150 valence electrons. The van der Waals surface area contributed by atoms with E-state index in [1.165, 1.54) is 16.0 Å². The molecule has 0 unspecified atom stereocenters. The fraction of sp³-hybridized carbons (Fsp3) is 0.320. The van der Waals surface area contributed by atoms with E-state index in [4.69, 9.17) is 0 Å². The first-order chi connectivity index (χ1) is 14.1. The molecule has 0 spiro atoms. The van der Waals surface area contributed by atoms with Crippen LogP contribution in [0.3, 0.4) is 0 Å². The third kappa shape index (κ3) is 4.77. The van der Waals surface area contributed by atoms with E-state index in [2.05, 4.69) is 60.5 Å². The molecule has 4 heteroatoms. The van der Waals surface area contributed by atoms with Crippen molar-refractivity contribution in [3.63, 3.8) is 0 Å². The van der Waals surface area contributed by atoms with Crippen LogP contribution in [0.4, 0.5) is 5.69 Å². The van der Waals surface area contributed by atoms with E-state index in [0.29, 0.717) is 0 Å². The van der Waals surface area contributed by atoms with Crippen molar-refractivity contribution in [2.75, 3.05) is 18.0 Å². The number of amides is 1. The third-order valence-electron chi connectivity index (χ3n) is 5.71. The highest BCUT2D eigenvalue weighted by atomic mass is 32.1. The van der Waals surface area contributed by atoms with Crippen LogP contribution in [0.25, 0.3) is 0 Å². The summed E-state index contributed by atoms with van der Waals surface area (Å²) in [4.78, 5) is 19.4. The van der Waals surface area contributed by atoms with Crippen LogP contribution in [0.5, 0.6) is 0 Å². The summed E-state index contributed by atoms with van der Waals surface area (Å²) in [7, 11) is 0. The monoisotopic (exact) mass is 404 g/mol. The minimum atomic E-state index is 0.102. The van der Waals surface area contributed by atoms with Gasteiger partial charge in [-0.2, -0.15) is 0 Å². The first-order valence-corrected chi connectivity index (χ1v) is 11.2. The number of carbonyl (C=O) groups is 1. The van der Waals surface area contributed by atoms with Crippen LogP contribution >= 0.6 is 11.3 Å². The summed E-state index contributed by atoms with van der Waals surface area (Å²) in [5, 5.41) is 2.14. The highest BCUT2D eigenvalue weighted by Gasteiger charge is 2.30. The number of hydrogen-bond donors (Lipinski definition) is 0. The maximum absolute atomic E-state index is 13.5. The van der Waals surface area contributed by atoms with Crippen LogP contribution in [0, 0.1) is 13.8 Å². The maximum Gasteiger partial charge on any atom is 0.258 e. The number of aryl methyl sites for hydroxylation is 2. The Balaban J connectivity index is 1.53. The number of thiophene rings is 1. The van der Waals surface area contributed by atoms with Gasteiger partial charge in [0.1, 0.15) is 0 Å². The van der Waals surface area contributed by atoms with Gasteiger partial charge in [-0.05, 0) is 62.4 Å². The third-order valence-corrected chi connectivity index (χ3v) is 6.57. The molecule has 0 aliphatic carbocycles. The molecule has 2 aromatic carbocycles. The van der Waals surface area contributed by atoms with Crippen LogP contribution in [-0.2, 0) is 6.54 Å². The largest absolute Gasteiger partial charge is 0.305 e. The molecule has 0 bridgehead atoms. The molecule has 0 N–H and O–H groups in total. The van der Waals surface area contributed by atoms with Gasteiger partial charge in [-0.15, -0.1) is 11.3 Å². The fourth-order valence-electron chi connectivity index (χ4n) is 3.99. The number of likely N-dealkylation sites (tertiary alicyclic amines) is 1. The number of rotatable bonds is 5. The molecule has 4 rings (SSSR count). The SMILES string of the molecule is Cc1ccc(C(=O)N(c2ccc(C)cc2)C2CCN(Cc3cccs3)CC2)cc1. The Hall–Kier alpha value is -2.43. The summed E-state index contributed by atoms with van der Waals surface area (Å²) < 4.78 is 0. The van der Waals surface area contributed by atoms with E-state index in [1.807, 2.05) is 40.5 Å². The first kappa shape index (κ1) is 19.9. The van der Waals surface area contributed by atoms with Gasteiger partial charge >= 0.3 is 0 Å². The predicted molar refractivity (Wildman–Crippen MR) is 122 cm³/mol. The number of piperidine rings is 1. The molecule has 0 saturated carbocycles. The van der Waals surface area contributed by atoms with E-state index in [0.717, 1.165) is 43.7 Å². The van der Waals surface area contributed by atoms with Crippen molar-refractivity contribution in [1.82, 2.24) is 4.90 Å². The van der Waals surface area contributed by atoms with E-state index in [-0.39, 0.29) is 11.9 Å². The van der Waals surface area contributed by atoms with Gasteiger partial charge in [-0.3, -0.25) is 9.69 Å². The molecule has 1 saturated heterocycles. The molecule has 1 fully saturated rings. The Morgan fingerprint density at radius 3 is 2.17 bits per heavy atom. The smallest absolute Gasteiger partial charge is 0.258 e. The van der Waals surface area contributed by atoms with Crippen molar-refractivity contribution in [3.8, 4) is 0 Å². The van der Waals surface area contributed by atoms with Gasteiger partial charge in [0.25, 0.3) is 5.91 Å². The normalized spacial score (nSPS) is 15.4. The summed E-state index contributed by atoms with van der Waals surface area (Å²) in [6, 6.07) is 20.8. The molecule has 0 radical (unpaired) electrons. The number of benzene rings is 2. The molecule has 2 heterocycles. The second kappa shape index (κ2) is 8.93. The molecule has 29 heavy (non-hydrogen) atoms. The van der Waals surface area contributed by atoms with E-state index >= 15 is 0 Å². The number of nitrogens with zero attached hydrogens (tertiary/aromatic N) is 2. The highest BCUT2D eigenvalue weighted by molar-refractivity contribution is 7.09. The average molecular weight is 405 g/mol.